The van der Waals surface area contributed by atoms with Crippen LogP contribution in [-0.2, 0) is 0 Å². The molecule has 1 N–H and O–H groups in total. The molecular formula is C18H19N3O2. The second-order valence-corrected chi connectivity index (χ2v) is 4.87. The minimum absolute atomic E-state index is 0.115. The number of hydrogen-bond acceptors (Lipinski definition) is 3. The lowest BCUT2D eigenvalue weighted by Gasteiger charge is -2.19. The molecule has 0 atom stereocenters. The number of benzene rings is 2. The smallest absolute Gasteiger partial charge is 0.321 e. The van der Waals surface area contributed by atoms with Crippen LogP contribution in [0.15, 0.2) is 48.5 Å². The largest absolute Gasteiger partial charge is 0.457 e. The van der Waals surface area contributed by atoms with E-state index in [0.717, 1.165) is 0 Å². The Morgan fingerprint density at radius 2 is 1.57 bits per heavy atom. The Morgan fingerprint density at radius 1 is 1.04 bits per heavy atom. The molecule has 0 spiro atoms. The zero-order valence-corrected chi connectivity index (χ0v) is 13.2. The van der Waals surface area contributed by atoms with Gasteiger partial charge in [0.05, 0.1) is 11.6 Å². The monoisotopic (exact) mass is 309 g/mol. The van der Waals surface area contributed by atoms with Gasteiger partial charge in [-0.15, -0.1) is 0 Å². The van der Waals surface area contributed by atoms with Gasteiger partial charge in [0.2, 0.25) is 0 Å². The lowest BCUT2D eigenvalue weighted by atomic mass is 10.2. The first-order valence-electron chi connectivity index (χ1n) is 7.50. The van der Waals surface area contributed by atoms with Crippen LogP contribution in [0.1, 0.15) is 19.4 Å². The first-order chi connectivity index (χ1) is 11.2. The molecule has 2 rings (SSSR count). The quantitative estimate of drug-likeness (QED) is 0.899. The summed E-state index contributed by atoms with van der Waals surface area (Å²) in [7, 11) is 0. The average Bonchev–Trinajstić information content (AvgIpc) is 2.58. The summed E-state index contributed by atoms with van der Waals surface area (Å²) in [5.74, 6) is 1.32. The summed E-state index contributed by atoms with van der Waals surface area (Å²) >= 11 is 0. The van der Waals surface area contributed by atoms with Gasteiger partial charge in [-0.05, 0) is 62.4 Å². The van der Waals surface area contributed by atoms with Gasteiger partial charge in [-0.3, -0.25) is 0 Å². The third kappa shape index (κ3) is 4.48. The van der Waals surface area contributed by atoms with E-state index in [0.29, 0.717) is 35.8 Å². The molecule has 0 bridgehead atoms. The maximum Gasteiger partial charge on any atom is 0.321 e. The van der Waals surface area contributed by atoms with E-state index in [1.807, 2.05) is 13.8 Å². The van der Waals surface area contributed by atoms with Crippen LogP contribution in [0.3, 0.4) is 0 Å². The van der Waals surface area contributed by atoms with Crippen LogP contribution >= 0.6 is 0 Å². The molecule has 0 fully saturated rings. The summed E-state index contributed by atoms with van der Waals surface area (Å²) in [5, 5.41) is 11.6. The Morgan fingerprint density at radius 3 is 2.04 bits per heavy atom. The Labute approximate surface area is 136 Å². The highest BCUT2D eigenvalue weighted by molar-refractivity contribution is 5.89. The summed E-state index contributed by atoms with van der Waals surface area (Å²) in [6.45, 7) is 5.22. The van der Waals surface area contributed by atoms with Crippen molar-refractivity contribution in [2.45, 2.75) is 13.8 Å². The maximum atomic E-state index is 12.0. The molecule has 0 saturated carbocycles. The van der Waals surface area contributed by atoms with Crippen LogP contribution in [-0.4, -0.2) is 24.0 Å². The first-order valence-corrected chi connectivity index (χ1v) is 7.50. The normalized spacial score (nSPS) is 9.78. The molecule has 5 heteroatoms. The van der Waals surface area contributed by atoms with Crippen LogP contribution in [0.5, 0.6) is 11.5 Å². The molecule has 118 valence electrons. The molecule has 0 heterocycles. The highest BCUT2D eigenvalue weighted by Crippen LogP contribution is 2.23. The van der Waals surface area contributed by atoms with E-state index in [1.54, 1.807) is 53.4 Å². The van der Waals surface area contributed by atoms with Crippen molar-refractivity contribution in [3.05, 3.63) is 54.1 Å². The van der Waals surface area contributed by atoms with Crippen molar-refractivity contribution in [3.8, 4) is 17.6 Å². The predicted octanol–water partition coefficient (Wildman–Crippen LogP) is 4.22. The Hall–Kier alpha value is -3.00. The summed E-state index contributed by atoms with van der Waals surface area (Å²) in [6, 6.07) is 16.0. The van der Waals surface area contributed by atoms with Crippen LogP contribution in [0.25, 0.3) is 0 Å². The second-order valence-electron chi connectivity index (χ2n) is 4.87. The molecule has 23 heavy (non-hydrogen) atoms. The molecule has 0 radical (unpaired) electrons. The van der Waals surface area contributed by atoms with Gasteiger partial charge in [-0.25, -0.2) is 4.79 Å². The molecule has 0 unspecified atom stereocenters. The SMILES string of the molecule is CCN(CC)C(=O)Nc1ccc(Oc2ccc(C#N)cc2)cc1. The van der Waals surface area contributed by atoms with Gasteiger partial charge in [0.1, 0.15) is 11.5 Å². The molecule has 0 aliphatic rings. The number of anilines is 1. The number of rotatable bonds is 5. The maximum absolute atomic E-state index is 12.0. The molecule has 0 aliphatic heterocycles. The van der Waals surface area contributed by atoms with Gasteiger partial charge in [-0.1, -0.05) is 0 Å². The number of nitrogens with zero attached hydrogens (tertiary/aromatic N) is 2. The molecule has 0 saturated heterocycles. The summed E-state index contributed by atoms with van der Waals surface area (Å²) in [6.07, 6.45) is 0. The second kappa shape index (κ2) is 7.85. The zero-order valence-electron chi connectivity index (χ0n) is 13.2. The minimum Gasteiger partial charge on any atom is -0.457 e. The van der Waals surface area contributed by atoms with E-state index in [2.05, 4.69) is 11.4 Å². The Kier molecular flexibility index (Phi) is 5.59. The zero-order chi connectivity index (χ0) is 16.7. The fourth-order valence-corrected chi connectivity index (χ4v) is 2.05. The number of nitrogens with one attached hydrogen (secondary N) is 1. The number of ether oxygens (including phenoxy) is 1. The third-order valence-electron chi connectivity index (χ3n) is 3.38. The Bertz CT molecular complexity index is 684. The molecule has 0 aliphatic carbocycles. The lowest BCUT2D eigenvalue weighted by Crippen LogP contribution is -2.34. The number of amides is 2. The highest BCUT2D eigenvalue weighted by atomic mass is 16.5. The van der Waals surface area contributed by atoms with Gasteiger partial charge < -0.3 is 15.0 Å². The van der Waals surface area contributed by atoms with Crippen LogP contribution < -0.4 is 10.1 Å². The number of nitriles is 1. The molecule has 5 nitrogen and oxygen atoms in total. The van der Waals surface area contributed by atoms with Crippen molar-refractivity contribution >= 4 is 11.7 Å². The number of carbonyl (C=O) groups excluding carboxylic acids is 1. The van der Waals surface area contributed by atoms with Crippen molar-refractivity contribution in [3.63, 3.8) is 0 Å². The summed E-state index contributed by atoms with van der Waals surface area (Å²) < 4.78 is 5.70. The molecule has 0 aromatic heterocycles. The highest BCUT2D eigenvalue weighted by Gasteiger charge is 2.09. The fourth-order valence-electron chi connectivity index (χ4n) is 2.05. The average molecular weight is 309 g/mol. The van der Waals surface area contributed by atoms with E-state index in [9.17, 15) is 4.79 Å². The van der Waals surface area contributed by atoms with Crippen molar-refractivity contribution in [1.29, 1.82) is 5.26 Å². The third-order valence-corrected chi connectivity index (χ3v) is 3.38. The summed E-state index contributed by atoms with van der Waals surface area (Å²) in [5.41, 5.74) is 1.31. The van der Waals surface area contributed by atoms with Crippen LogP contribution in [0, 0.1) is 11.3 Å². The molecule has 2 aromatic rings. The van der Waals surface area contributed by atoms with Gasteiger partial charge >= 0.3 is 6.03 Å². The van der Waals surface area contributed by atoms with E-state index in [1.165, 1.54) is 0 Å². The Balaban J connectivity index is 1.99. The topological polar surface area (TPSA) is 65.4 Å². The van der Waals surface area contributed by atoms with Crippen molar-refractivity contribution < 1.29 is 9.53 Å². The van der Waals surface area contributed by atoms with Crippen LogP contribution in [0.2, 0.25) is 0 Å². The van der Waals surface area contributed by atoms with E-state index >= 15 is 0 Å². The predicted molar refractivity (Wildman–Crippen MR) is 89.6 cm³/mol. The van der Waals surface area contributed by atoms with Gasteiger partial charge in [-0.2, -0.15) is 5.26 Å². The van der Waals surface area contributed by atoms with Gasteiger partial charge in [0.15, 0.2) is 0 Å². The van der Waals surface area contributed by atoms with Gasteiger partial charge in [0.25, 0.3) is 0 Å². The molecule has 2 aromatic carbocycles. The van der Waals surface area contributed by atoms with Crippen molar-refractivity contribution in [2.75, 3.05) is 18.4 Å². The van der Waals surface area contributed by atoms with E-state index < -0.39 is 0 Å². The number of carbonyl (C=O) groups is 1. The first kappa shape index (κ1) is 16.4. The molecular weight excluding hydrogens is 290 g/mol. The van der Waals surface area contributed by atoms with E-state index in [4.69, 9.17) is 10.00 Å². The number of hydrogen-bond donors (Lipinski definition) is 1. The molecule has 2 amide bonds. The fraction of sp³-hybridized carbons (Fsp3) is 0.222. The number of urea groups is 1. The van der Waals surface area contributed by atoms with Crippen molar-refractivity contribution in [2.24, 2.45) is 0 Å². The summed E-state index contributed by atoms with van der Waals surface area (Å²) in [4.78, 5) is 13.7. The lowest BCUT2D eigenvalue weighted by molar-refractivity contribution is 0.217. The van der Waals surface area contributed by atoms with Crippen molar-refractivity contribution in [1.82, 2.24) is 4.90 Å². The van der Waals surface area contributed by atoms with Crippen LogP contribution in [0.4, 0.5) is 10.5 Å². The standard InChI is InChI=1S/C18H19N3O2/c1-3-21(4-2)18(22)20-15-7-11-17(12-8-15)23-16-9-5-14(13-19)6-10-16/h5-12H,3-4H2,1-2H3,(H,20,22). The minimum atomic E-state index is -0.115. The van der Waals surface area contributed by atoms with E-state index in [-0.39, 0.29) is 6.03 Å². The van der Waals surface area contributed by atoms with Gasteiger partial charge in [0, 0.05) is 18.8 Å².